The first kappa shape index (κ1) is 10.4. The summed E-state index contributed by atoms with van der Waals surface area (Å²) in [6.45, 7) is 5.46. The summed E-state index contributed by atoms with van der Waals surface area (Å²) in [5.74, 6) is 0.365. The van der Waals surface area contributed by atoms with Crippen LogP contribution < -0.4 is 0 Å². The molecule has 1 saturated heterocycles. The molecule has 0 aromatic carbocycles. The second-order valence-electron chi connectivity index (χ2n) is 4.06. The van der Waals surface area contributed by atoms with E-state index in [4.69, 9.17) is 0 Å². The van der Waals surface area contributed by atoms with Gasteiger partial charge in [-0.15, -0.1) is 0 Å². The first-order chi connectivity index (χ1) is 7.28. The van der Waals surface area contributed by atoms with Crippen LogP contribution in [0.4, 0.5) is 0 Å². The molecule has 0 bridgehead atoms. The molecule has 82 valence electrons. The minimum atomic E-state index is 0.365. The average Bonchev–Trinajstić information content (AvgIpc) is 2.65. The van der Waals surface area contributed by atoms with Crippen molar-refractivity contribution in [2.75, 3.05) is 13.1 Å². The van der Waals surface area contributed by atoms with Gasteiger partial charge in [-0.2, -0.15) is 5.10 Å². The van der Waals surface area contributed by atoms with Gasteiger partial charge in [0, 0.05) is 31.3 Å². The van der Waals surface area contributed by atoms with Crippen molar-refractivity contribution in [3.63, 3.8) is 0 Å². The number of hydrogen-bond acceptors (Lipinski definition) is 3. The zero-order valence-corrected chi connectivity index (χ0v) is 9.15. The number of ketones is 1. The largest absolute Gasteiger partial charge is 0.298 e. The molecule has 4 heteroatoms. The van der Waals surface area contributed by atoms with Gasteiger partial charge in [0.25, 0.3) is 0 Å². The minimum Gasteiger partial charge on any atom is -0.298 e. The lowest BCUT2D eigenvalue weighted by atomic mass is 10.1. The highest BCUT2D eigenvalue weighted by Gasteiger charge is 2.16. The fraction of sp³-hybridized carbons (Fsp3) is 0.636. The van der Waals surface area contributed by atoms with Crippen molar-refractivity contribution < 1.29 is 4.79 Å². The monoisotopic (exact) mass is 207 g/mol. The molecule has 15 heavy (non-hydrogen) atoms. The Labute approximate surface area is 89.9 Å². The van der Waals surface area contributed by atoms with Crippen molar-refractivity contribution in [2.24, 2.45) is 0 Å². The summed E-state index contributed by atoms with van der Waals surface area (Å²) in [4.78, 5) is 13.5. The number of rotatable bonds is 3. The van der Waals surface area contributed by atoms with Crippen molar-refractivity contribution in [2.45, 2.75) is 32.9 Å². The molecule has 0 saturated carbocycles. The number of aromatic nitrogens is 2. The maximum atomic E-state index is 11.3. The quantitative estimate of drug-likeness (QED) is 0.744. The lowest BCUT2D eigenvalue weighted by Crippen LogP contribution is -2.34. The van der Waals surface area contributed by atoms with E-state index in [0.717, 1.165) is 32.5 Å². The van der Waals surface area contributed by atoms with E-state index in [1.54, 1.807) is 0 Å². The van der Waals surface area contributed by atoms with Gasteiger partial charge in [0.15, 0.2) is 0 Å². The minimum absolute atomic E-state index is 0.365. The zero-order chi connectivity index (χ0) is 10.7. The van der Waals surface area contributed by atoms with Crippen LogP contribution in [-0.2, 0) is 17.9 Å². The topological polar surface area (TPSA) is 38.1 Å². The van der Waals surface area contributed by atoms with E-state index in [0.29, 0.717) is 12.3 Å². The summed E-state index contributed by atoms with van der Waals surface area (Å²) in [6, 6.07) is 0. The summed E-state index contributed by atoms with van der Waals surface area (Å²) in [6.07, 6.45) is 5.70. The summed E-state index contributed by atoms with van der Waals surface area (Å²) in [5.41, 5.74) is 1.20. The Morgan fingerprint density at radius 1 is 1.53 bits per heavy atom. The van der Waals surface area contributed by atoms with E-state index in [1.807, 2.05) is 10.9 Å². The molecular weight excluding hydrogens is 190 g/mol. The van der Waals surface area contributed by atoms with Gasteiger partial charge in [-0.25, -0.2) is 0 Å². The molecular formula is C11H17N3O. The first-order valence-electron chi connectivity index (χ1n) is 5.53. The van der Waals surface area contributed by atoms with Crippen molar-refractivity contribution >= 4 is 5.78 Å². The smallest absolute Gasteiger partial charge is 0.146 e. The van der Waals surface area contributed by atoms with E-state index in [9.17, 15) is 4.79 Å². The van der Waals surface area contributed by atoms with E-state index >= 15 is 0 Å². The molecule has 0 atom stereocenters. The van der Waals surface area contributed by atoms with Crippen LogP contribution in [0.1, 0.15) is 25.3 Å². The Morgan fingerprint density at radius 3 is 3.07 bits per heavy atom. The fourth-order valence-electron chi connectivity index (χ4n) is 1.96. The van der Waals surface area contributed by atoms with Crippen LogP contribution in [0.3, 0.4) is 0 Å². The number of likely N-dealkylation sites (tertiary alicyclic amines) is 1. The van der Waals surface area contributed by atoms with E-state index in [1.165, 1.54) is 5.56 Å². The lowest BCUT2D eigenvalue weighted by Gasteiger charge is -2.24. The Balaban J connectivity index is 1.93. The third-order valence-corrected chi connectivity index (χ3v) is 2.75. The Kier molecular flexibility index (Phi) is 3.16. The van der Waals surface area contributed by atoms with Crippen molar-refractivity contribution in [3.8, 4) is 0 Å². The van der Waals surface area contributed by atoms with E-state index in [2.05, 4.69) is 23.1 Å². The van der Waals surface area contributed by atoms with Crippen LogP contribution >= 0.6 is 0 Å². The van der Waals surface area contributed by atoms with Gasteiger partial charge in [0.1, 0.15) is 5.78 Å². The van der Waals surface area contributed by atoms with Gasteiger partial charge >= 0.3 is 0 Å². The number of piperidine rings is 1. The summed E-state index contributed by atoms with van der Waals surface area (Å²) >= 11 is 0. The zero-order valence-electron chi connectivity index (χ0n) is 9.15. The van der Waals surface area contributed by atoms with Crippen molar-refractivity contribution in [1.29, 1.82) is 0 Å². The van der Waals surface area contributed by atoms with Crippen LogP contribution in [0.5, 0.6) is 0 Å². The van der Waals surface area contributed by atoms with Gasteiger partial charge in [-0.3, -0.25) is 14.4 Å². The van der Waals surface area contributed by atoms with Crippen LogP contribution in [0.25, 0.3) is 0 Å². The molecule has 0 unspecified atom stereocenters. The molecule has 0 N–H and O–H groups in total. The fourth-order valence-corrected chi connectivity index (χ4v) is 1.96. The van der Waals surface area contributed by atoms with Crippen LogP contribution in [-0.4, -0.2) is 33.6 Å². The second-order valence-corrected chi connectivity index (χ2v) is 4.06. The lowest BCUT2D eigenvalue weighted by molar-refractivity contribution is -0.122. The number of carbonyl (C=O) groups excluding carboxylic acids is 1. The highest BCUT2D eigenvalue weighted by atomic mass is 16.1. The number of Topliss-reactive ketones (excluding diaryl/α,β-unsaturated/α-hetero) is 1. The molecule has 2 rings (SSSR count). The Hall–Kier alpha value is -1.16. The van der Waals surface area contributed by atoms with E-state index in [-0.39, 0.29) is 0 Å². The van der Waals surface area contributed by atoms with E-state index < -0.39 is 0 Å². The summed E-state index contributed by atoms with van der Waals surface area (Å²) in [7, 11) is 0. The molecule has 1 aromatic heterocycles. The SMILES string of the molecule is CCn1cc(CN2CCCC(=O)C2)cn1. The molecule has 0 radical (unpaired) electrons. The maximum Gasteiger partial charge on any atom is 0.146 e. The highest BCUT2D eigenvalue weighted by molar-refractivity contribution is 5.81. The van der Waals surface area contributed by atoms with Crippen molar-refractivity contribution in [1.82, 2.24) is 14.7 Å². The van der Waals surface area contributed by atoms with Gasteiger partial charge < -0.3 is 0 Å². The third kappa shape index (κ3) is 2.65. The number of aryl methyl sites for hydroxylation is 1. The second kappa shape index (κ2) is 4.57. The molecule has 0 amide bonds. The number of hydrogen-bond donors (Lipinski definition) is 0. The average molecular weight is 207 g/mol. The van der Waals surface area contributed by atoms with Gasteiger partial charge in [-0.1, -0.05) is 0 Å². The Morgan fingerprint density at radius 2 is 2.40 bits per heavy atom. The number of carbonyl (C=O) groups is 1. The molecule has 4 nitrogen and oxygen atoms in total. The maximum absolute atomic E-state index is 11.3. The van der Waals surface area contributed by atoms with Crippen molar-refractivity contribution in [3.05, 3.63) is 18.0 Å². The highest BCUT2D eigenvalue weighted by Crippen LogP contribution is 2.10. The van der Waals surface area contributed by atoms with Crippen LogP contribution in [0.15, 0.2) is 12.4 Å². The summed E-state index contributed by atoms with van der Waals surface area (Å²) in [5, 5.41) is 4.22. The molecule has 1 aromatic rings. The van der Waals surface area contributed by atoms with Gasteiger partial charge in [0.05, 0.1) is 12.7 Å². The predicted octanol–water partition coefficient (Wildman–Crippen LogP) is 1.07. The molecule has 2 heterocycles. The summed E-state index contributed by atoms with van der Waals surface area (Å²) < 4.78 is 1.92. The first-order valence-corrected chi connectivity index (χ1v) is 5.53. The van der Waals surface area contributed by atoms with Crippen LogP contribution in [0.2, 0.25) is 0 Å². The normalized spacial score (nSPS) is 18.3. The van der Waals surface area contributed by atoms with Gasteiger partial charge in [0.2, 0.25) is 0 Å². The van der Waals surface area contributed by atoms with Gasteiger partial charge in [-0.05, 0) is 19.9 Å². The Bertz CT molecular complexity index is 345. The predicted molar refractivity (Wildman–Crippen MR) is 57.4 cm³/mol. The molecule has 1 aliphatic rings. The molecule has 0 spiro atoms. The standard InChI is InChI=1S/C11H17N3O/c1-2-14-8-10(6-12-14)7-13-5-3-4-11(15)9-13/h6,8H,2-5,7,9H2,1H3. The molecule has 0 aliphatic carbocycles. The number of nitrogens with zero attached hydrogens (tertiary/aromatic N) is 3. The molecule has 1 aliphatic heterocycles. The third-order valence-electron chi connectivity index (χ3n) is 2.75. The molecule has 1 fully saturated rings. The van der Waals surface area contributed by atoms with Crippen LogP contribution in [0, 0.1) is 0 Å².